The van der Waals surface area contributed by atoms with Crippen molar-refractivity contribution in [2.24, 2.45) is 5.92 Å². The zero-order valence-electron chi connectivity index (χ0n) is 18.0. The van der Waals surface area contributed by atoms with Gasteiger partial charge in [-0.3, -0.25) is 14.5 Å². The Labute approximate surface area is 183 Å². The number of likely N-dealkylation sites (tertiary alicyclic amines) is 1. The molecule has 160 valence electrons. The van der Waals surface area contributed by atoms with Crippen molar-refractivity contribution in [1.29, 1.82) is 0 Å². The molecule has 1 saturated heterocycles. The molecule has 1 fully saturated rings. The Morgan fingerprint density at radius 1 is 0.935 bits per heavy atom. The summed E-state index contributed by atoms with van der Waals surface area (Å²) in [5.41, 5.74) is 1.79. The summed E-state index contributed by atoms with van der Waals surface area (Å²) >= 11 is 0. The van der Waals surface area contributed by atoms with E-state index in [0.717, 1.165) is 48.1 Å². The van der Waals surface area contributed by atoms with Gasteiger partial charge in [-0.05, 0) is 56.4 Å². The predicted octanol–water partition coefficient (Wildman–Crippen LogP) is 4.54. The van der Waals surface area contributed by atoms with Crippen molar-refractivity contribution in [3.05, 3.63) is 72.8 Å². The van der Waals surface area contributed by atoms with Gasteiger partial charge < -0.3 is 10.2 Å². The van der Waals surface area contributed by atoms with Crippen LogP contribution in [0.4, 0.5) is 11.4 Å². The van der Waals surface area contributed by atoms with E-state index in [1.807, 2.05) is 66.4 Å². The fourth-order valence-corrected chi connectivity index (χ4v) is 4.32. The number of carbonyl (C=O) groups is 2. The number of likely N-dealkylation sites (N-methyl/N-ethyl adjacent to an activating group) is 1. The lowest BCUT2D eigenvalue weighted by atomic mass is 9.95. The monoisotopic (exact) mass is 415 g/mol. The van der Waals surface area contributed by atoms with Crippen molar-refractivity contribution in [3.8, 4) is 0 Å². The predicted molar refractivity (Wildman–Crippen MR) is 126 cm³/mol. The van der Waals surface area contributed by atoms with E-state index in [-0.39, 0.29) is 17.7 Å². The zero-order valence-corrected chi connectivity index (χ0v) is 18.0. The fraction of sp³-hybridized carbons (Fsp3) is 0.308. The van der Waals surface area contributed by atoms with Gasteiger partial charge in [-0.25, -0.2) is 0 Å². The Morgan fingerprint density at radius 2 is 1.61 bits per heavy atom. The molecule has 3 aromatic rings. The molecule has 31 heavy (non-hydrogen) atoms. The van der Waals surface area contributed by atoms with Gasteiger partial charge in [0.25, 0.3) is 0 Å². The number of hydrogen-bond acceptors (Lipinski definition) is 3. The number of carbonyl (C=O) groups excluding carboxylic acids is 2. The molecule has 4 rings (SSSR count). The molecule has 0 saturated carbocycles. The largest absolute Gasteiger partial charge is 0.326 e. The SMILES string of the molecule is CCN(C(=O)CN1CCC(C(=O)Nc2ccccc2)CC1)c1cccc2ccccc12. The highest BCUT2D eigenvalue weighted by Gasteiger charge is 2.27. The normalized spacial score (nSPS) is 15.0. The molecule has 2 amide bonds. The Bertz CT molecular complexity index is 1040. The van der Waals surface area contributed by atoms with E-state index < -0.39 is 0 Å². The number of amides is 2. The summed E-state index contributed by atoms with van der Waals surface area (Å²) in [6, 6.07) is 23.8. The second-order valence-electron chi connectivity index (χ2n) is 8.04. The molecule has 5 nitrogen and oxygen atoms in total. The van der Waals surface area contributed by atoms with Gasteiger partial charge in [-0.1, -0.05) is 54.6 Å². The molecule has 0 atom stereocenters. The van der Waals surface area contributed by atoms with Gasteiger partial charge in [0.2, 0.25) is 11.8 Å². The van der Waals surface area contributed by atoms with E-state index in [1.54, 1.807) is 0 Å². The van der Waals surface area contributed by atoms with Crippen LogP contribution in [0.25, 0.3) is 10.8 Å². The first kappa shape index (κ1) is 21.1. The van der Waals surface area contributed by atoms with Crippen LogP contribution in [-0.2, 0) is 9.59 Å². The van der Waals surface area contributed by atoms with Crippen molar-refractivity contribution >= 4 is 34.0 Å². The number of benzene rings is 3. The summed E-state index contributed by atoms with van der Waals surface area (Å²) < 4.78 is 0. The molecule has 1 N–H and O–H groups in total. The average molecular weight is 416 g/mol. The van der Waals surface area contributed by atoms with Crippen LogP contribution in [0.1, 0.15) is 19.8 Å². The summed E-state index contributed by atoms with van der Waals surface area (Å²) in [5.74, 6) is 0.168. The number of nitrogens with zero attached hydrogens (tertiary/aromatic N) is 2. The van der Waals surface area contributed by atoms with Crippen molar-refractivity contribution < 1.29 is 9.59 Å². The molecule has 0 bridgehead atoms. The molecular weight excluding hydrogens is 386 g/mol. The van der Waals surface area contributed by atoms with Crippen LogP contribution in [0, 0.1) is 5.92 Å². The average Bonchev–Trinajstić information content (AvgIpc) is 2.81. The maximum absolute atomic E-state index is 13.1. The van der Waals surface area contributed by atoms with Crippen molar-refractivity contribution in [2.75, 3.05) is 36.4 Å². The smallest absolute Gasteiger partial charge is 0.241 e. The highest BCUT2D eigenvalue weighted by Crippen LogP contribution is 2.27. The van der Waals surface area contributed by atoms with Crippen LogP contribution in [0.2, 0.25) is 0 Å². The van der Waals surface area contributed by atoms with Crippen LogP contribution < -0.4 is 10.2 Å². The van der Waals surface area contributed by atoms with E-state index in [2.05, 4.69) is 28.4 Å². The Kier molecular flexibility index (Phi) is 6.63. The number of hydrogen-bond donors (Lipinski definition) is 1. The summed E-state index contributed by atoms with van der Waals surface area (Å²) in [4.78, 5) is 29.7. The maximum Gasteiger partial charge on any atom is 0.241 e. The number of nitrogens with one attached hydrogen (secondary N) is 1. The molecule has 1 heterocycles. The lowest BCUT2D eigenvalue weighted by molar-refractivity contribution is -0.122. The molecule has 0 aliphatic carbocycles. The van der Waals surface area contributed by atoms with Crippen molar-refractivity contribution in [3.63, 3.8) is 0 Å². The third-order valence-corrected chi connectivity index (χ3v) is 6.03. The third kappa shape index (κ3) is 4.94. The molecule has 5 heteroatoms. The maximum atomic E-state index is 13.1. The van der Waals surface area contributed by atoms with Gasteiger partial charge in [0.1, 0.15) is 0 Å². The molecule has 0 spiro atoms. The first-order valence-electron chi connectivity index (χ1n) is 11.0. The third-order valence-electron chi connectivity index (χ3n) is 6.03. The number of rotatable bonds is 6. The number of para-hydroxylation sites is 1. The summed E-state index contributed by atoms with van der Waals surface area (Å²) in [7, 11) is 0. The van der Waals surface area contributed by atoms with Gasteiger partial charge >= 0.3 is 0 Å². The van der Waals surface area contributed by atoms with Gasteiger partial charge in [-0.2, -0.15) is 0 Å². The Balaban J connectivity index is 1.35. The van der Waals surface area contributed by atoms with E-state index in [9.17, 15) is 9.59 Å². The van der Waals surface area contributed by atoms with E-state index in [1.165, 1.54) is 0 Å². The Hall–Kier alpha value is -3.18. The van der Waals surface area contributed by atoms with Crippen LogP contribution in [0.5, 0.6) is 0 Å². The molecule has 0 unspecified atom stereocenters. The number of anilines is 2. The first-order chi connectivity index (χ1) is 15.2. The molecule has 1 aliphatic rings. The highest BCUT2D eigenvalue weighted by atomic mass is 16.2. The lowest BCUT2D eigenvalue weighted by Crippen LogP contribution is -2.45. The molecule has 0 aromatic heterocycles. The molecule has 1 aliphatic heterocycles. The van der Waals surface area contributed by atoms with Gasteiger partial charge in [0, 0.05) is 23.5 Å². The fourth-order valence-electron chi connectivity index (χ4n) is 4.32. The van der Waals surface area contributed by atoms with Crippen LogP contribution in [0.3, 0.4) is 0 Å². The van der Waals surface area contributed by atoms with Gasteiger partial charge in [0.15, 0.2) is 0 Å². The minimum atomic E-state index is -0.00750. The molecule has 3 aromatic carbocycles. The second-order valence-corrected chi connectivity index (χ2v) is 8.04. The lowest BCUT2D eigenvalue weighted by Gasteiger charge is -2.32. The van der Waals surface area contributed by atoms with Crippen LogP contribution >= 0.6 is 0 Å². The Morgan fingerprint density at radius 3 is 2.35 bits per heavy atom. The summed E-state index contributed by atoms with van der Waals surface area (Å²) in [6.45, 7) is 4.53. The van der Waals surface area contributed by atoms with Gasteiger partial charge in [0.05, 0.1) is 12.2 Å². The van der Waals surface area contributed by atoms with Crippen LogP contribution in [-0.4, -0.2) is 42.9 Å². The van der Waals surface area contributed by atoms with Crippen molar-refractivity contribution in [2.45, 2.75) is 19.8 Å². The quantitative estimate of drug-likeness (QED) is 0.643. The van der Waals surface area contributed by atoms with E-state index >= 15 is 0 Å². The standard InChI is InChI=1S/C26H29N3O2/c1-2-29(24-14-8-10-20-9-6-7-13-23(20)24)25(30)19-28-17-15-21(16-18-28)26(31)27-22-11-4-3-5-12-22/h3-14,21H,2,15-19H2,1H3,(H,27,31). The van der Waals surface area contributed by atoms with Crippen molar-refractivity contribution in [1.82, 2.24) is 4.90 Å². The molecular formula is C26H29N3O2. The highest BCUT2D eigenvalue weighted by molar-refractivity contribution is 6.04. The summed E-state index contributed by atoms with van der Waals surface area (Å²) in [6.07, 6.45) is 1.54. The number of piperidine rings is 1. The minimum absolute atomic E-state index is 0.00750. The minimum Gasteiger partial charge on any atom is -0.326 e. The molecule has 0 radical (unpaired) electrons. The van der Waals surface area contributed by atoms with E-state index in [0.29, 0.717) is 13.1 Å². The van der Waals surface area contributed by atoms with Gasteiger partial charge in [-0.15, -0.1) is 0 Å². The summed E-state index contributed by atoms with van der Waals surface area (Å²) in [5, 5.41) is 5.23. The zero-order chi connectivity index (χ0) is 21.6. The topological polar surface area (TPSA) is 52.7 Å². The second kappa shape index (κ2) is 9.75. The van der Waals surface area contributed by atoms with Crippen LogP contribution in [0.15, 0.2) is 72.8 Å². The number of fused-ring (bicyclic) bond motifs is 1. The van der Waals surface area contributed by atoms with E-state index in [4.69, 9.17) is 0 Å². The first-order valence-corrected chi connectivity index (χ1v) is 11.0.